The van der Waals surface area contributed by atoms with E-state index < -0.39 is 12.1 Å². The summed E-state index contributed by atoms with van der Waals surface area (Å²) in [5.74, 6) is -0.112. The van der Waals surface area contributed by atoms with E-state index in [1.807, 2.05) is 13.8 Å². The van der Waals surface area contributed by atoms with Crippen LogP contribution in [0, 0.1) is 5.92 Å². The molecule has 0 aromatic carbocycles. The van der Waals surface area contributed by atoms with Gasteiger partial charge in [0.2, 0.25) is 5.91 Å². The van der Waals surface area contributed by atoms with Crippen molar-refractivity contribution in [3.63, 3.8) is 0 Å². The molecule has 5 nitrogen and oxygen atoms in total. The predicted octanol–water partition coefficient (Wildman–Crippen LogP) is 0.901. The lowest BCUT2D eigenvalue weighted by atomic mass is 10.0. The number of hydrogen-bond acceptors (Lipinski definition) is 2. The molecule has 0 spiro atoms. The van der Waals surface area contributed by atoms with Gasteiger partial charge in [0.1, 0.15) is 6.04 Å². The summed E-state index contributed by atoms with van der Waals surface area (Å²) < 4.78 is 0. The Kier molecular flexibility index (Phi) is 3.94. The van der Waals surface area contributed by atoms with Gasteiger partial charge in [-0.3, -0.25) is 4.79 Å². The highest BCUT2D eigenvalue weighted by Crippen LogP contribution is 2.12. The summed E-state index contributed by atoms with van der Waals surface area (Å²) in [4.78, 5) is 24.2. The van der Waals surface area contributed by atoms with Gasteiger partial charge in [-0.2, -0.15) is 0 Å². The van der Waals surface area contributed by atoms with Crippen molar-refractivity contribution in [2.75, 3.05) is 13.1 Å². The van der Waals surface area contributed by atoms with Crippen molar-refractivity contribution < 1.29 is 14.7 Å². The zero-order valence-electron chi connectivity index (χ0n) is 9.19. The second-order valence-electron chi connectivity index (χ2n) is 4.20. The van der Waals surface area contributed by atoms with E-state index in [1.54, 1.807) is 4.90 Å². The highest BCUT2D eigenvalue weighted by molar-refractivity contribution is 5.85. The molecule has 0 bridgehead atoms. The number of carboxylic acid groups (broad SMARTS) is 1. The number of nitrogens with one attached hydrogen (secondary N) is 1. The minimum Gasteiger partial charge on any atom is -0.465 e. The van der Waals surface area contributed by atoms with Crippen LogP contribution in [0.3, 0.4) is 0 Å². The molecule has 86 valence electrons. The van der Waals surface area contributed by atoms with Crippen LogP contribution in [0.4, 0.5) is 4.79 Å². The number of nitrogens with zero attached hydrogens (tertiary/aromatic N) is 1. The normalized spacial score (nSPS) is 17.9. The summed E-state index contributed by atoms with van der Waals surface area (Å²) in [6.07, 6.45) is 0.897. The van der Waals surface area contributed by atoms with Gasteiger partial charge in [-0.1, -0.05) is 13.8 Å². The Hall–Kier alpha value is -1.26. The van der Waals surface area contributed by atoms with Crippen LogP contribution >= 0.6 is 0 Å². The molecule has 0 aromatic rings. The monoisotopic (exact) mass is 214 g/mol. The topological polar surface area (TPSA) is 69.6 Å². The van der Waals surface area contributed by atoms with Crippen LogP contribution in [0.15, 0.2) is 0 Å². The van der Waals surface area contributed by atoms with Gasteiger partial charge in [0.25, 0.3) is 0 Å². The van der Waals surface area contributed by atoms with Crippen LogP contribution in [0.25, 0.3) is 0 Å². The molecular weight excluding hydrogens is 196 g/mol. The highest BCUT2D eigenvalue weighted by atomic mass is 16.4. The van der Waals surface area contributed by atoms with Gasteiger partial charge in [0.05, 0.1) is 0 Å². The van der Waals surface area contributed by atoms with Gasteiger partial charge >= 0.3 is 6.09 Å². The maximum absolute atomic E-state index is 11.9. The van der Waals surface area contributed by atoms with Gasteiger partial charge in [0, 0.05) is 13.1 Å². The summed E-state index contributed by atoms with van der Waals surface area (Å²) in [5.41, 5.74) is 0. The van der Waals surface area contributed by atoms with Crippen molar-refractivity contribution in [2.45, 2.75) is 32.7 Å². The fourth-order valence-electron chi connectivity index (χ4n) is 1.78. The van der Waals surface area contributed by atoms with Gasteiger partial charge in [0.15, 0.2) is 0 Å². The third kappa shape index (κ3) is 3.11. The zero-order chi connectivity index (χ0) is 11.4. The van der Waals surface area contributed by atoms with E-state index in [0.717, 1.165) is 25.9 Å². The van der Waals surface area contributed by atoms with Crippen molar-refractivity contribution in [3.8, 4) is 0 Å². The maximum atomic E-state index is 11.9. The van der Waals surface area contributed by atoms with Crippen LogP contribution in [0.1, 0.15) is 26.7 Å². The largest absolute Gasteiger partial charge is 0.465 e. The second-order valence-corrected chi connectivity index (χ2v) is 4.20. The summed E-state index contributed by atoms with van der Waals surface area (Å²) in [6.45, 7) is 5.19. The Morgan fingerprint density at radius 1 is 1.27 bits per heavy atom. The number of likely N-dealkylation sites (tertiary alicyclic amines) is 1. The van der Waals surface area contributed by atoms with Gasteiger partial charge in [-0.05, 0) is 18.8 Å². The van der Waals surface area contributed by atoms with Crippen molar-refractivity contribution in [2.24, 2.45) is 5.92 Å². The molecule has 1 fully saturated rings. The molecule has 5 heteroatoms. The molecule has 1 heterocycles. The number of hydrogen-bond donors (Lipinski definition) is 2. The van der Waals surface area contributed by atoms with Crippen molar-refractivity contribution in [1.29, 1.82) is 0 Å². The van der Waals surface area contributed by atoms with E-state index in [-0.39, 0.29) is 11.8 Å². The summed E-state index contributed by atoms with van der Waals surface area (Å²) >= 11 is 0. The molecule has 2 N–H and O–H groups in total. The van der Waals surface area contributed by atoms with E-state index in [2.05, 4.69) is 5.32 Å². The third-order valence-electron chi connectivity index (χ3n) is 2.63. The van der Waals surface area contributed by atoms with Crippen molar-refractivity contribution in [3.05, 3.63) is 0 Å². The van der Waals surface area contributed by atoms with Crippen LogP contribution in [-0.4, -0.2) is 41.1 Å². The minimum atomic E-state index is -1.14. The predicted molar refractivity (Wildman–Crippen MR) is 55.6 cm³/mol. The third-order valence-corrected chi connectivity index (χ3v) is 2.63. The Morgan fingerprint density at radius 2 is 1.80 bits per heavy atom. The van der Waals surface area contributed by atoms with E-state index in [0.29, 0.717) is 0 Å². The zero-order valence-corrected chi connectivity index (χ0v) is 9.19. The first-order valence-electron chi connectivity index (χ1n) is 5.30. The molecule has 0 aliphatic carbocycles. The fourth-order valence-corrected chi connectivity index (χ4v) is 1.78. The molecule has 0 unspecified atom stereocenters. The van der Waals surface area contributed by atoms with Crippen LogP contribution in [-0.2, 0) is 4.79 Å². The average Bonchev–Trinajstić information content (AvgIpc) is 2.65. The SMILES string of the molecule is CC(C)[C@H](NC(=O)O)C(=O)N1CCCC1. The summed E-state index contributed by atoms with van der Waals surface area (Å²) in [5, 5.41) is 10.9. The van der Waals surface area contributed by atoms with E-state index in [1.165, 1.54) is 0 Å². The molecule has 1 aliphatic rings. The van der Waals surface area contributed by atoms with E-state index in [9.17, 15) is 9.59 Å². The molecule has 15 heavy (non-hydrogen) atoms. The van der Waals surface area contributed by atoms with Gasteiger partial charge in [-0.25, -0.2) is 4.79 Å². The second kappa shape index (κ2) is 5.00. The Bertz CT molecular complexity index is 247. The number of carbonyl (C=O) groups is 2. The van der Waals surface area contributed by atoms with Crippen LogP contribution in [0.5, 0.6) is 0 Å². The van der Waals surface area contributed by atoms with E-state index >= 15 is 0 Å². The van der Waals surface area contributed by atoms with Crippen LogP contribution in [0.2, 0.25) is 0 Å². The lowest BCUT2D eigenvalue weighted by molar-refractivity contribution is -0.133. The number of rotatable bonds is 3. The Balaban J connectivity index is 2.61. The fraction of sp³-hybridized carbons (Fsp3) is 0.800. The van der Waals surface area contributed by atoms with Gasteiger partial charge in [-0.15, -0.1) is 0 Å². The average molecular weight is 214 g/mol. The smallest absolute Gasteiger partial charge is 0.405 e. The highest BCUT2D eigenvalue weighted by Gasteiger charge is 2.29. The van der Waals surface area contributed by atoms with E-state index in [4.69, 9.17) is 5.11 Å². The quantitative estimate of drug-likeness (QED) is 0.733. The van der Waals surface area contributed by atoms with Crippen molar-refractivity contribution in [1.82, 2.24) is 10.2 Å². The first-order valence-corrected chi connectivity index (χ1v) is 5.30. The van der Waals surface area contributed by atoms with Crippen LogP contribution < -0.4 is 5.32 Å². The molecule has 1 aliphatic heterocycles. The number of amides is 2. The first kappa shape index (κ1) is 11.8. The molecule has 0 saturated carbocycles. The minimum absolute atomic E-state index is 0.0193. The Labute approximate surface area is 89.4 Å². The molecule has 0 aromatic heterocycles. The molecule has 1 rings (SSSR count). The first-order chi connectivity index (χ1) is 7.02. The summed E-state index contributed by atoms with van der Waals surface area (Å²) in [6, 6.07) is -0.611. The Morgan fingerprint density at radius 3 is 2.20 bits per heavy atom. The summed E-state index contributed by atoms with van der Waals surface area (Å²) in [7, 11) is 0. The molecule has 2 amide bonds. The number of carbonyl (C=O) groups excluding carboxylic acids is 1. The lowest BCUT2D eigenvalue weighted by Gasteiger charge is -2.25. The maximum Gasteiger partial charge on any atom is 0.405 e. The molecule has 0 radical (unpaired) electrons. The lowest BCUT2D eigenvalue weighted by Crippen LogP contribution is -2.50. The van der Waals surface area contributed by atoms with Crippen molar-refractivity contribution >= 4 is 12.0 Å². The molecule has 1 saturated heterocycles. The van der Waals surface area contributed by atoms with Gasteiger partial charge < -0.3 is 15.3 Å². The molecular formula is C10H18N2O3. The standard InChI is InChI=1S/C10H18N2O3/c1-7(2)8(11-10(14)15)9(13)12-5-3-4-6-12/h7-8,11H,3-6H2,1-2H3,(H,14,15)/t8-/m0/s1. The molecule has 1 atom stereocenters.